The molecule has 1 aliphatic carbocycles. The van der Waals surface area contributed by atoms with Crippen LogP contribution in [0.15, 0.2) is 47.6 Å². The summed E-state index contributed by atoms with van der Waals surface area (Å²) in [6, 6.07) is 12.3. The van der Waals surface area contributed by atoms with Crippen LogP contribution in [0.2, 0.25) is 0 Å². The van der Waals surface area contributed by atoms with Crippen LogP contribution in [-0.4, -0.2) is 10.6 Å². The maximum absolute atomic E-state index is 10.8. The van der Waals surface area contributed by atoms with Crippen LogP contribution in [0.4, 0.5) is 5.69 Å². The van der Waals surface area contributed by atoms with Crippen LogP contribution >= 0.6 is 0 Å². The minimum Gasteiger partial charge on any atom is -0.323 e. The molecule has 0 saturated heterocycles. The third-order valence-electron chi connectivity index (χ3n) is 3.07. The smallest absolute Gasteiger partial charge is 0.270 e. The molecule has 1 aliphatic rings. The van der Waals surface area contributed by atoms with Gasteiger partial charge in [0.2, 0.25) is 0 Å². The summed E-state index contributed by atoms with van der Waals surface area (Å²) in [4.78, 5) is 10.4. The Morgan fingerprint density at radius 2 is 1.67 bits per heavy atom. The van der Waals surface area contributed by atoms with E-state index in [1.165, 1.54) is 6.07 Å². The van der Waals surface area contributed by atoms with Gasteiger partial charge in [-0.1, -0.05) is 24.3 Å². The first kappa shape index (κ1) is 10.5. The molecule has 18 heavy (non-hydrogen) atoms. The summed E-state index contributed by atoms with van der Waals surface area (Å²) < 4.78 is 0. The molecule has 0 heterocycles. The summed E-state index contributed by atoms with van der Waals surface area (Å²) in [5, 5.41) is 14.6. The van der Waals surface area contributed by atoms with Crippen LogP contribution in [0, 0.1) is 10.1 Å². The standard InChI is InChI=1S/C13H9N3O2/c14-15-13-10-4-2-1-3-9(10)12-7-8(16(17)18)5-6-11(12)13/h1-7H,14H2/b15-13+. The number of nitro groups is 1. The Hall–Kier alpha value is -2.69. The lowest BCUT2D eigenvalue weighted by atomic mass is 10.1. The van der Waals surface area contributed by atoms with E-state index in [2.05, 4.69) is 5.10 Å². The number of benzene rings is 2. The maximum atomic E-state index is 10.8. The van der Waals surface area contributed by atoms with Crippen LogP contribution < -0.4 is 5.84 Å². The number of rotatable bonds is 1. The van der Waals surface area contributed by atoms with Gasteiger partial charge in [0, 0.05) is 23.3 Å². The molecule has 0 spiro atoms. The molecule has 5 heteroatoms. The Morgan fingerprint density at radius 3 is 2.33 bits per heavy atom. The molecule has 3 rings (SSSR count). The van der Waals surface area contributed by atoms with Gasteiger partial charge in [-0.2, -0.15) is 5.10 Å². The van der Waals surface area contributed by atoms with Crippen molar-refractivity contribution in [3.63, 3.8) is 0 Å². The summed E-state index contributed by atoms with van der Waals surface area (Å²) in [6.45, 7) is 0. The van der Waals surface area contributed by atoms with Crippen LogP contribution in [0.3, 0.4) is 0 Å². The Labute approximate surface area is 103 Å². The zero-order chi connectivity index (χ0) is 12.7. The molecule has 2 N–H and O–H groups in total. The van der Waals surface area contributed by atoms with Gasteiger partial charge in [-0.05, 0) is 17.2 Å². The molecule has 0 bridgehead atoms. The molecule has 0 amide bonds. The van der Waals surface area contributed by atoms with Gasteiger partial charge >= 0.3 is 0 Å². The van der Waals surface area contributed by atoms with Gasteiger partial charge < -0.3 is 5.84 Å². The van der Waals surface area contributed by atoms with E-state index in [0.717, 1.165) is 22.3 Å². The summed E-state index contributed by atoms with van der Waals surface area (Å²) in [5.74, 6) is 5.42. The zero-order valence-corrected chi connectivity index (χ0v) is 9.33. The van der Waals surface area contributed by atoms with E-state index in [9.17, 15) is 10.1 Å². The van der Waals surface area contributed by atoms with Gasteiger partial charge in [0.05, 0.1) is 10.6 Å². The molecule has 0 unspecified atom stereocenters. The molecule has 88 valence electrons. The van der Waals surface area contributed by atoms with Gasteiger partial charge in [-0.25, -0.2) is 0 Å². The summed E-state index contributed by atoms with van der Waals surface area (Å²) in [5.41, 5.74) is 4.24. The van der Waals surface area contributed by atoms with E-state index in [-0.39, 0.29) is 5.69 Å². The van der Waals surface area contributed by atoms with Gasteiger partial charge in [0.15, 0.2) is 0 Å². The monoisotopic (exact) mass is 239 g/mol. The lowest BCUT2D eigenvalue weighted by molar-refractivity contribution is -0.384. The van der Waals surface area contributed by atoms with Crippen molar-refractivity contribution in [3.05, 3.63) is 63.7 Å². The van der Waals surface area contributed by atoms with Crippen molar-refractivity contribution in [1.82, 2.24) is 0 Å². The SMILES string of the molecule is N/N=C1\c2ccccc2-c2cc([N+](=O)[O-])ccc21. The fraction of sp³-hybridized carbons (Fsp3) is 0. The van der Waals surface area contributed by atoms with E-state index < -0.39 is 4.92 Å². The predicted octanol–water partition coefficient (Wildman–Crippen LogP) is 2.29. The van der Waals surface area contributed by atoms with E-state index in [1.54, 1.807) is 12.1 Å². The number of hydrogen-bond acceptors (Lipinski definition) is 4. The van der Waals surface area contributed by atoms with E-state index in [0.29, 0.717) is 5.71 Å². The van der Waals surface area contributed by atoms with Crippen molar-refractivity contribution in [2.45, 2.75) is 0 Å². The second-order valence-corrected chi connectivity index (χ2v) is 4.01. The average molecular weight is 239 g/mol. The second-order valence-electron chi connectivity index (χ2n) is 4.01. The summed E-state index contributed by atoms with van der Waals surface area (Å²) in [7, 11) is 0. The lowest BCUT2D eigenvalue weighted by Crippen LogP contribution is -2.01. The minimum atomic E-state index is -0.402. The van der Waals surface area contributed by atoms with Gasteiger partial charge in [-0.3, -0.25) is 10.1 Å². The first-order valence-corrected chi connectivity index (χ1v) is 5.39. The number of non-ortho nitro benzene ring substituents is 1. The van der Waals surface area contributed by atoms with Crippen molar-refractivity contribution < 1.29 is 4.92 Å². The fourth-order valence-corrected chi connectivity index (χ4v) is 2.28. The zero-order valence-electron chi connectivity index (χ0n) is 9.33. The van der Waals surface area contributed by atoms with Crippen LogP contribution in [0.5, 0.6) is 0 Å². The normalized spacial score (nSPS) is 14.3. The van der Waals surface area contributed by atoms with Crippen molar-refractivity contribution in [1.29, 1.82) is 0 Å². The minimum absolute atomic E-state index is 0.0711. The third-order valence-corrected chi connectivity index (χ3v) is 3.07. The Kier molecular flexibility index (Phi) is 2.13. The molecular weight excluding hydrogens is 230 g/mol. The molecule has 0 fully saturated rings. The number of nitrogens with zero attached hydrogens (tertiary/aromatic N) is 2. The lowest BCUT2D eigenvalue weighted by Gasteiger charge is -1.99. The Morgan fingerprint density at radius 1 is 1.00 bits per heavy atom. The highest BCUT2D eigenvalue weighted by molar-refractivity contribution is 6.24. The highest BCUT2D eigenvalue weighted by atomic mass is 16.6. The van der Waals surface area contributed by atoms with Crippen LogP contribution in [0.25, 0.3) is 11.1 Å². The Balaban J connectivity index is 2.33. The van der Waals surface area contributed by atoms with Crippen molar-refractivity contribution >= 4 is 11.4 Å². The van der Waals surface area contributed by atoms with E-state index in [4.69, 9.17) is 5.84 Å². The molecule has 0 atom stereocenters. The van der Waals surface area contributed by atoms with Gasteiger partial charge in [0.25, 0.3) is 5.69 Å². The van der Waals surface area contributed by atoms with Gasteiger partial charge in [-0.15, -0.1) is 0 Å². The van der Waals surface area contributed by atoms with Crippen LogP contribution in [0.1, 0.15) is 11.1 Å². The molecule has 0 aromatic heterocycles. The quantitative estimate of drug-likeness (QED) is 0.402. The highest BCUT2D eigenvalue weighted by Crippen LogP contribution is 2.38. The molecule has 0 radical (unpaired) electrons. The average Bonchev–Trinajstić information content (AvgIpc) is 2.71. The van der Waals surface area contributed by atoms with E-state index in [1.807, 2.05) is 24.3 Å². The first-order valence-electron chi connectivity index (χ1n) is 5.39. The summed E-state index contributed by atoms with van der Waals surface area (Å²) >= 11 is 0. The van der Waals surface area contributed by atoms with Crippen molar-refractivity contribution in [2.24, 2.45) is 10.9 Å². The first-order chi connectivity index (χ1) is 8.72. The number of fused-ring (bicyclic) bond motifs is 3. The van der Waals surface area contributed by atoms with Crippen molar-refractivity contribution in [2.75, 3.05) is 0 Å². The number of nitrogens with two attached hydrogens (primary N) is 1. The van der Waals surface area contributed by atoms with Gasteiger partial charge in [0.1, 0.15) is 0 Å². The molecule has 0 saturated carbocycles. The highest BCUT2D eigenvalue weighted by Gasteiger charge is 2.26. The van der Waals surface area contributed by atoms with E-state index >= 15 is 0 Å². The predicted molar refractivity (Wildman–Crippen MR) is 68.4 cm³/mol. The molecule has 2 aromatic rings. The fourth-order valence-electron chi connectivity index (χ4n) is 2.28. The third kappa shape index (κ3) is 1.31. The number of nitro benzene ring substituents is 1. The molecule has 2 aromatic carbocycles. The Bertz CT molecular complexity index is 692. The van der Waals surface area contributed by atoms with Crippen molar-refractivity contribution in [3.8, 4) is 11.1 Å². The topological polar surface area (TPSA) is 81.5 Å². The molecular formula is C13H9N3O2. The largest absolute Gasteiger partial charge is 0.323 e. The molecule has 0 aliphatic heterocycles. The molecule has 5 nitrogen and oxygen atoms in total. The maximum Gasteiger partial charge on any atom is 0.270 e. The number of hydrogen-bond donors (Lipinski definition) is 1. The van der Waals surface area contributed by atoms with Crippen LogP contribution in [-0.2, 0) is 0 Å². The number of hydrazone groups is 1. The summed E-state index contributed by atoms with van der Waals surface area (Å²) in [6.07, 6.45) is 0. The second kappa shape index (κ2) is 3.66.